The summed E-state index contributed by atoms with van der Waals surface area (Å²) in [6, 6.07) is 8.52. The van der Waals surface area contributed by atoms with E-state index in [1.807, 2.05) is 6.07 Å². The zero-order valence-corrected chi connectivity index (χ0v) is 13.9. The van der Waals surface area contributed by atoms with Gasteiger partial charge in [0.2, 0.25) is 0 Å². The molecule has 2 aromatic rings. The van der Waals surface area contributed by atoms with Crippen molar-refractivity contribution in [2.75, 3.05) is 20.8 Å². The van der Waals surface area contributed by atoms with Crippen LogP contribution in [0, 0.1) is 6.92 Å². The van der Waals surface area contributed by atoms with E-state index in [0.717, 1.165) is 24.5 Å². The largest absolute Gasteiger partial charge is 0.493 e. The second-order valence-corrected chi connectivity index (χ2v) is 6.05. The molecule has 4 heteroatoms. The number of thiophene rings is 1. The Morgan fingerprint density at radius 3 is 2.48 bits per heavy atom. The fraction of sp³-hybridized carbons (Fsp3) is 0.412. The third kappa shape index (κ3) is 3.57. The molecule has 1 aromatic carbocycles. The number of aryl methyl sites for hydroxylation is 1. The van der Waals surface area contributed by atoms with Crippen LogP contribution in [-0.4, -0.2) is 20.8 Å². The summed E-state index contributed by atoms with van der Waals surface area (Å²) in [6.45, 7) is 5.33. The molecule has 2 rings (SSSR count). The molecule has 1 atom stereocenters. The van der Waals surface area contributed by atoms with Gasteiger partial charge in [0.25, 0.3) is 0 Å². The summed E-state index contributed by atoms with van der Waals surface area (Å²) in [6.07, 6.45) is 1.10. The third-order valence-corrected chi connectivity index (χ3v) is 4.41. The first-order chi connectivity index (χ1) is 10.2. The highest BCUT2D eigenvalue weighted by molar-refractivity contribution is 7.10. The Kier molecular flexibility index (Phi) is 5.65. The molecule has 0 aliphatic rings. The molecule has 0 aliphatic heterocycles. The molecule has 0 saturated heterocycles. The van der Waals surface area contributed by atoms with Crippen LogP contribution < -0.4 is 14.8 Å². The first-order valence-electron chi connectivity index (χ1n) is 7.20. The molecule has 1 heterocycles. The second kappa shape index (κ2) is 7.48. The summed E-state index contributed by atoms with van der Waals surface area (Å²) in [5.41, 5.74) is 2.53. The second-order valence-electron chi connectivity index (χ2n) is 4.93. The molecular weight excluding hydrogens is 282 g/mol. The Balaban J connectivity index is 2.39. The van der Waals surface area contributed by atoms with Crippen LogP contribution in [0.2, 0.25) is 0 Å². The van der Waals surface area contributed by atoms with Gasteiger partial charge < -0.3 is 14.8 Å². The van der Waals surface area contributed by atoms with Gasteiger partial charge in [0.05, 0.1) is 20.3 Å². The van der Waals surface area contributed by atoms with E-state index in [2.05, 4.69) is 42.7 Å². The van der Waals surface area contributed by atoms with Gasteiger partial charge in [-0.05, 0) is 54.6 Å². The van der Waals surface area contributed by atoms with Crippen molar-refractivity contribution < 1.29 is 9.47 Å². The van der Waals surface area contributed by atoms with E-state index in [1.165, 1.54) is 16.0 Å². The molecule has 1 N–H and O–H groups in total. The van der Waals surface area contributed by atoms with Crippen LogP contribution in [0.4, 0.5) is 0 Å². The quantitative estimate of drug-likeness (QED) is 0.833. The standard InChI is InChI=1S/C17H23NO2S/c1-5-9-18-17(14-8-10-21-12(14)2)13-6-7-15(19-3)16(11-13)20-4/h6-8,10-11,17-18H,5,9H2,1-4H3. The molecule has 1 unspecified atom stereocenters. The molecular formula is C17H23NO2S. The maximum atomic E-state index is 5.43. The van der Waals surface area contributed by atoms with Crippen LogP contribution in [0.5, 0.6) is 11.5 Å². The lowest BCUT2D eigenvalue weighted by Gasteiger charge is -2.20. The summed E-state index contributed by atoms with van der Waals surface area (Å²) in [5.74, 6) is 1.53. The zero-order valence-electron chi connectivity index (χ0n) is 13.1. The van der Waals surface area contributed by atoms with Crippen LogP contribution in [-0.2, 0) is 0 Å². The van der Waals surface area contributed by atoms with Gasteiger partial charge in [0.1, 0.15) is 0 Å². The molecule has 0 spiro atoms. The normalized spacial score (nSPS) is 12.2. The first kappa shape index (κ1) is 15.9. The van der Waals surface area contributed by atoms with Crippen LogP contribution in [0.1, 0.15) is 35.4 Å². The van der Waals surface area contributed by atoms with Crippen molar-refractivity contribution in [2.45, 2.75) is 26.3 Å². The summed E-state index contributed by atoms with van der Waals surface area (Å²) in [4.78, 5) is 1.35. The Hall–Kier alpha value is -1.52. The van der Waals surface area contributed by atoms with E-state index in [1.54, 1.807) is 25.6 Å². The predicted octanol–water partition coefficient (Wildman–Crippen LogP) is 4.16. The minimum Gasteiger partial charge on any atom is -0.493 e. The third-order valence-electron chi connectivity index (χ3n) is 3.55. The Morgan fingerprint density at radius 1 is 1.14 bits per heavy atom. The topological polar surface area (TPSA) is 30.5 Å². The van der Waals surface area contributed by atoms with Crippen molar-refractivity contribution in [2.24, 2.45) is 0 Å². The summed E-state index contributed by atoms with van der Waals surface area (Å²) >= 11 is 1.78. The lowest BCUT2D eigenvalue weighted by molar-refractivity contribution is 0.354. The van der Waals surface area contributed by atoms with Gasteiger partial charge in [-0.1, -0.05) is 13.0 Å². The summed E-state index contributed by atoms with van der Waals surface area (Å²) in [7, 11) is 3.33. The van der Waals surface area contributed by atoms with E-state index in [4.69, 9.17) is 9.47 Å². The summed E-state index contributed by atoms with van der Waals surface area (Å²) < 4.78 is 10.8. The molecule has 0 radical (unpaired) electrons. The van der Waals surface area contributed by atoms with Gasteiger partial charge >= 0.3 is 0 Å². The number of methoxy groups -OCH3 is 2. The minimum atomic E-state index is 0.191. The molecule has 1 aromatic heterocycles. The number of ether oxygens (including phenoxy) is 2. The van der Waals surface area contributed by atoms with Crippen LogP contribution >= 0.6 is 11.3 Å². The zero-order chi connectivity index (χ0) is 15.2. The van der Waals surface area contributed by atoms with Gasteiger partial charge in [-0.3, -0.25) is 0 Å². The van der Waals surface area contributed by atoms with E-state index < -0.39 is 0 Å². The monoisotopic (exact) mass is 305 g/mol. The van der Waals surface area contributed by atoms with Gasteiger partial charge in [0.15, 0.2) is 11.5 Å². The van der Waals surface area contributed by atoms with Gasteiger partial charge in [-0.2, -0.15) is 0 Å². The molecule has 21 heavy (non-hydrogen) atoms. The Morgan fingerprint density at radius 2 is 1.90 bits per heavy atom. The highest BCUT2D eigenvalue weighted by atomic mass is 32.1. The van der Waals surface area contributed by atoms with Crippen molar-refractivity contribution >= 4 is 11.3 Å². The van der Waals surface area contributed by atoms with E-state index >= 15 is 0 Å². The average Bonchev–Trinajstić information content (AvgIpc) is 2.93. The molecule has 0 fully saturated rings. The van der Waals surface area contributed by atoms with Crippen molar-refractivity contribution in [1.82, 2.24) is 5.32 Å². The maximum absolute atomic E-state index is 5.43. The number of rotatable bonds is 7. The Labute approximate surface area is 130 Å². The van der Waals surface area contributed by atoms with Crippen molar-refractivity contribution in [3.63, 3.8) is 0 Å². The molecule has 114 valence electrons. The smallest absolute Gasteiger partial charge is 0.161 e. The number of hydrogen-bond donors (Lipinski definition) is 1. The van der Waals surface area contributed by atoms with Gasteiger partial charge in [0, 0.05) is 4.88 Å². The SMILES string of the molecule is CCCNC(c1ccc(OC)c(OC)c1)c1ccsc1C. The van der Waals surface area contributed by atoms with Gasteiger partial charge in [-0.25, -0.2) is 0 Å². The van der Waals surface area contributed by atoms with Crippen LogP contribution in [0.25, 0.3) is 0 Å². The number of nitrogens with one attached hydrogen (secondary N) is 1. The first-order valence-corrected chi connectivity index (χ1v) is 8.08. The minimum absolute atomic E-state index is 0.191. The maximum Gasteiger partial charge on any atom is 0.161 e. The molecule has 0 amide bonds. The molecule has 0 saturated carbocycles. The number of benzene rings is 1. The lowest BCUT2D eigenvalue weighted by Crippen LogP contribution is -2.23. The number of hydrogen-bond acceptors (Lipinski definition) is 4. The predicted molar refractivity (Wildman–Crippen MR) is 88.7 cm³/mol. The van der Waals surface area contributed by atoms with Crippen molar-refractivity contribution in [1.29, 1.82) is 0 Å². The van der Waals surface area contributed by atoms with E-state index in [-0.39, 0.29) is 6.04 Å². The van der Waals surface area contributed by atoms with E-state index in [9.17, 15) is 0 Å². The molecule has 0 aliphatic carbocycles. The average molecular weight is 305 g/mol. The van der Waals surface area contributed by atoms with Crippen LogP contribution in [0.15, 0.2) is 29.6 Å². The van der Waals surface area contributed by atoms with Gasteiger partial charge in [-0.15, -0.1) is 11.3 Å². The van der Waals surface area contributed by atoms with Crippen molar-refractivity contribution in [3.8, 4) is 11.5 Å². The highest BCUT2D eigenvalue weighted by Gasteiger charge is 2.18. The lowest BCUT2D eigenvalue weighted by atomic mass is 9.98. The van der Waals surface area contributed by atoms with E-state index in [0.29, 0.717) is 0 Å². The van der Waals surface area contributed by atoms with Crippen LogP contribution in [0.3, 0.4) is 0 Å². The summed E-state index contributed by atoms with van der Waals surface area (Å²) in [5, 5.41) is 5.77. The fourth-order valence-electron chi connectivity index (χ4n) is 2.42. The Bertz CT molecular complexity index is 580. The molecule has 3 nitrogen and oxygen atoms in total. The van der Waals surface area contributed by atoms with Crippen molar-refractivity contribution in [3.05, 3.63) is 45.6 Å². The molecule has 0 bridgehead atoms. The highest BCUT2D eigenvalue weighted by Crippen LogP contribution is 2.34. The fourth-order valence-corrected chi connectivity index (χ4v) is 3.16.